The van der Waals surface area contributed by atoms with Gasteiger partial charge in [0, 0.05) is 19.3 Å². The molecule has 3 rings (SSSR count). The van der Waals surface area contributed by atoms with Crippen molar-refractivity contribution in [3.63, 3.8) is 0 Å². The molecule has 0 aromatic heterocycles. The molecule has 0 atom stereocenters. The minimum atomic E-state index is -0.896. The summed E-state index contributed by atoms with van der Waals surface area (Å²) in [5.74, 6) is -0.291. The summed E-state index contributed by atoms with van der Waals surface area (Å²) in [6.07, 6.45) is 2.19. The van der Waals surface area contributed by atoms with Crippen LogP contribution >= 0.6 is 0 Å². The van der Waals surface area contributed by atoms with E-state index in [1.165, 1.54) is 5.56 Å². The molecular formula is C21H24N2O2. The van der Waals surface area contributed by atoms with Crippen LogP contribution in [-0.4, -0.2) is 23.8 Å². The van der Waals surface area contributed by atoms with Gasteiger partial charge in [-0.05, 0) is 42.5 Å². The van der Waals surface area contributed by atoms with Crippen molar-refractivity contribution in [3.8, 4) is 0 Å². The predicted molar refractivity (Wildman–Crippen MR) is 99.0 cm³/mol. The van der Waals surface area contributed by atoms with Crippen LogP contribution in [0.4, 0.5) is 5.69 Å². The standard InChI is InChI=1S/C21H24N2O2/c1-3-16-9-11-18(12-10-16)22-19(24)21(13-14-21)20(25)23(2)15-17-7-5-4-6-8-17/h4-12H,3,13-15H2,1-2H3,(H,22,24). The first-order chi connectivity index (χ1) is 12.0. The molecular weight excluding hydrogens is 312 g/mol. The lowest BCUT2D eigenvalue weighted by Crippen LogP contribution is -2.40. The van der Waals surface area contributed by atoms with E-state index in [2.05, 4.69) is 12.2 Å². The van der Waals surface area contributed by atoms with Gasteiger partial charge in [0.05, 0.1) is 0 Å². The topological polar surface area (TPSA) is 49.4 Å². The zero-order valence-corrected chi connectivity index (χ0v) is 14.8. The Balaban J connectivity index is 1.65. The van der Waals surface area contributed by atoms with E-state index in [4.69, 9.17) is 0 Å². The number of amides is 2. The zero-order valence-electron chi connectivity index (χ0n) is 14.8. The van der Waals surface area contributed by atoms with Crippen LogP contribution in [0.25, 0.3) is 0 Å². The monoisotopic (exact) mass is 336 g/mol. The molecule has 0 bridgehead atoms. The van der Waals surface area contributed by atoms with E-state index in [0.717, 1.165) is 17.7 Å². The van der Waals surface area contributed by atoms with Crippen LogP contribution in [0.3, 0.4) is 0 Å². The molecule has 2 aromatic carbocycles. The van der Waals surface area contributed by atoms with Gasteiger partial charge in [-0.25, -0.2) is 0 Å². The highest BCUT2D eigenvalue weighted by molar-refractivity contribution is 6.12. The van der Waals surface area contributed by atoms with Gasteiger partial charge in [0.1, 0.15) is 5.41 Å². The normalized spacial score (nSPS) is 14.6. The van der Waals surface area contributed by atoms with E-state index >= 15 is 0 Å². The second kappa shape index (κ2) is 7.09. The molecule has 4 nitrogen and oxygen atoms in total. The summed E-state index contributed by atoms with van der Waals surface area (Å²) in [6, 6.07) is 17.6. The molecule has 0 heterocycles. The summed E-state index contributed by atoms with van der Waals surface area (Å²) < 4.78 is 0. The molecule has 1 aliphatic carbocycles. The van der Waals surface area contributed by atoms with Crippen LogP contribution in [0, 0.1) is 5.41 Å². The number of carbonyl (C=O) groups excluding carboxylic acids is 2. The van der Waals surface area contributed by atoms with Crippen LogP contribution in [0.2, 0.25) is 0 Å². The molecule has 1 saturated carbocycles. The molecule has 1 fully saturated rings. The highest BCUT2D eigenvalue weighted by atomic mass is 16.2. The lowest BCUT2D eigenvalue weighted by atomic mass is 10.0. The Morgan fingerprint density at radius 2 is 1.64 bits per heavy atom. The number of nitrogens with zero attached hydrogens (tertiary/aromatic N) is 1. The van der Waals surface area contributed by atoms with Gasteiger partial charge >= 0.3 is 0 Å². The van der Waals surface area contributed by atoms with Gasteiger partial charge < -0.3 is 10.2 Å². The van der Waals surface area contributed by atoms with E-state index < -0.39 is 5.41 Å². The average Bonchev–Trinajstić information content (AvgIpc) is 3.44. The van der Waals surface area contributed by atoms with E-state index in [0.29, 0.717) is 19.4 Å². The third-order valence-electron chi connectivity index (χ3n) is 4.82. The molecule has 0 saturated heterocycles. The first-order valence-electron chi connectivity index (χ1n) is 8.75. The quantitative estimate of drug-likeness (QED) is 0.819. The smallest absolute Gasteiger partial charge is 0.240 e. The molecule has 2 aromatic rings. The first kappa shape index (κ1) is 17.2. The summed E-state index contributed by atoms with van der Waals surface area (Å²) >= 11 is 0. The molecule has 0 aliphatic heterocycles. The number of carbonyl (C=O) groups is 2. The van der Waals surface area contributed by atoms with Gasteiger partial charge in [0.2, 0.25) is 11.8 Å². The average molecular weight is 336 g/mol. The van der Waals surface area contributed by atoms with Crippen molar-refractivity contribution in [2.24, 2.45) is 5.41 Å². The lowest BCUT2D eigenvalue weighted by molar-refractivity contribution is -0.141. The largest absolute Gasteiger partial charge is 0.340 e. The molecule has 4 heteroatoms. The van der Waals surface area contributed by atoms with E-state index in [1.54, 1.807) is 11.9 Å². The molecule has 1 aliphatic rings. The van der Waals surface area contributed by atoms with Crippen LogP contribution in [0.15, 0.2) is 54.6 Å². The third kappa shape index (κ3) is 3.73. The maximum Gasteiger partial charge on any atom is 0.240 e. The van der Waals surface area contributed by atoms with Crippen molar-refractivity contribution in [3.05, 3.63) is 65.7 Å². The summed E-state index contributed by atoms with van der Waals surface area (Å²) in [5, 5.41) is 2.91. The Labute approximate surface area is 148 Å². The van der Waals surface area contributed by atoms with E-state index in [1.807, 2.05) is 54.6 Å². The van der Waals surface area contributed by atoms with Crippen molar-refractivity contribution in [1.82, 2.24) is 4.90 Å². The van der Waals surface area contributed by atoms with E-state index in [9.17, 15) is 9.59 Å². The van der Waals surface area contributed by atoms with Crippen molar-refractivity contribution in [2.75, 3.05) is 12.4 Å². The summed E-state index contributed by atoms with van der Waals surface area (Å²) in [7, 11) is 1.76. The Morgan fingerprint density at radius 3 is 2.20 bits per heavy atom. The van der Waals surface area contributed by atoms with Crippen LogP contribution in [-0.2, 0) is 22.6 Å². The fourth-order valence-corrected chi connectivity index (χ4v) is 3.03. The summed E-state index contributed by atoms with van der Waals surface area (Å²) in [4.78, 5) is 27.2. The SMILES string of the molecule is CCc1ccc(NC(=O)C2(C(=O)N(C)Cc3ccccc3)CC2)cc1. The fraction of sp³-hybridized carbons (Fsp3) is 0.333. The maximum absolute atomic E-state index is 12.8. The summed E-state index contributed by atoms with van der Waals surface area (Å²) in [6.45, 7) is 2.61. The number of anilines is 1. The number of hydrogen-bond donors (Lipinski definition) is 1. The van der Waals surface area contributed by atoms with Crippen LogP contribution in [0.1, 0.15) is 30.9 Å². The first-order valence-corrected chi connectivity index (χ1v) is 8.75. The summed E-state index contributed by atoms with van der Waals surface area (Å²) in [5.41, 5.74) is 2.13. The minimum absolute atomic E-state index is 0.0981. The predicted octanol–water partition coefficient (Wildman–Crippen LogP) is 3.63. The van der Waals surface area contributed by atoms with Gasteiger partial charge in [-0.3, -0.25) is 9.59 Å². The second-order valence-electron chi connectivity index (χ2n) is 6.73. The molecule has 0 spiro atoms. The van der Waals surface area contributed by atoms with Gasteiger partial charge in [-0.15, -0.1) is 0 Å². The second-order valence-corrected chi connectivity index (χ2v) is 6.73. The van der Waals surface area contributed by atoms with E-state index in [-0.39, 0.29) is 11.8 Å². The Morgan fingerprint density at radius 1 is 1.00 bits per heavy atom. The molecule has 2 amide bonds. The van der Waals surface area contributed by atoms with Crippen LogP contribution in [0.5, 0.6) is 0 Å². The Kier molecular flexibility index (Phi) is 4.88. The Bertz CT molecular complexity index is 749. The van der Waals surface area contributed by atoms with Crippen molar-refractivity contribution in [1.29, 1.82) is 0 Å². The Hall–Kier alpha value is -2.62. The molecule has 0 radical (unpaired) electrons. The number of benzene rings is 2. The number of aryl methyl sites for hydroxylation is 1. The molecule has 0 unspecified atom stereocenters. The maximum atomic E-state index is 12.8. The lowest BCUT2D eigenvalue weighted by Gasteiger charge is -2.23. The fourth-order valence-electron chi connectivity index (χ4n) is 3.03. The van der Waals surface area contributed by atoms with Gasteiger partial charge in [0.15, 0.2) is 0 Å². The van der Waals surface area contributed by atoms with Gasteiger partial charge in [-0.2, -0.15) is 0 Å². The van der Waals surface area contributed by atoms with Crippen LogP contribution < -0.4 is 5.32 Å². The highest BCUT2D eigenvalue weighted by Gasteiger charge is 2.57. The van der Waals surface area contributed by atoms with Gasteiger partial charge in [-0.1, -0.05) is 49.4 Å². The van der Waals surface area contributed by atoms with Crippen molar-refractivity contribution in [2.45, 2.75) is 32.7 Å². The highest BCUT2D eigenvalue weighted by Crippen LogP contribution is 2.48. The van der Waals surface area contributed by atoms with Gasteiger partial charge in [0.25, 0.3) is 0 Å². The van der Waals surface area contributed by atoms with Crippen molar-refractivity contribution < 1.29 is 9.59 Å². The molecule has 130 valence electrons. The third-order valence-corrected chi connectivity index (χ3v) is 4.82. The van der Waals surface area contributed by atoms with Crippen molar-refractivity contribution >= 4 is 17.5 Å². The number of hydrogen-bond acceptors (Lipinski definition) is 2. The zero-order chi connectivity index (χ0) is 17.9. The molecule has 25 heavy (non-hydrogen) atoms. The number of rotatable bonds is 6. The number of nitrogens with one attached hydrogen (secondary N) is 1. The minimum Gasteiger partial charge on any atom is -0.340 e. The molecule has 1 N–H and O–H groups in total.